The van der Waals surface area contributed by atoms with Crippen LogP contribution < -0.4 is 5.73 Å². The Hall–Kier alpha value is -2.33. The molecule has 0 aliphatic carbocycles. The van der Waals surface area contributed by atoms with E-state index in [0.717, 1.165) is 35.0 Å². The monoisotopic (exact) mass is 281 g/mol. The molecular weight excluding hydrogens is 262 g/mol. The number of nitrogens with zero attached hydrogens (tertiary/aromatic N) is 1. The largest absolute Gasteiger partial charge is 0.466 e. The second-order valence-electron chi connectivity index (χ2n) is 5.31. The van der Waals surface area contributed by atoms with E-state index in [2.05, 4.69) is 22.1 Å². The molecule has 21 heavy (non-hydrogen) atoms. The molecule has 0 fully saturated rings. The van der Waals surface area contributed by atoms with Gasteiger partial charge in [0.25, 0.3) is 0 Å². The number of benzene rings is 1. The Morgan fingerprint density at radius 1 is 1.24 bits per heavy atom. The fraction of sp³-hybridized carbons (Fsp3) is 0.235. The highest BCUT2D eigenvalue weighted by Gasteiger charge is 2.14. The van der Waals surface area contributed by atoms with Crippen molar-refractivity contribution in [3.63, 3.8) is 0 Å². The maximum Gasteiger partial charge on any atom is 0.123 e. The van der Waals surface area contributed by atoms with Crippen molar-refractivity contribution in [1.82, 2.24) is 9.97 Å². The van der Waals surface area contributed by atoms with Crippen LogP contribution >= 0.6 is 0 Å². The maximum atomic E-state index is 6.24. The summed E-state index contributed by atoms with van der Waals surface area (Å²) in [5, 5.41) is 0. The topological polar surface area (TPSA) is 67.8 Å². The molecule has 0 aliphatic heterocycles. The van der Waals surface area contributed by atoms with Gasteiger partial charge in [0.1, 0.15) is 17.3 Å². The normalized spacial score (nSPS) is 12.5. The number of aromatic amines is 1. The van der Waals surface area contributed by atoms with Crippen LogP contribution in [0, 0.1) is 13.8 Å². The number of imidazole rings is 1. The summed E-state index contributed by atoms with van der Waals surface area (Å²) >= 11 is 0. The van der Waals surface area contributed by atoms with E-state index in [4.69, 9.17) is 10.2 Å². The van der Waals surface area contributed by atoms with Crippen molar-refractivity contribution in [2.75, 3.05) is 0 Å². The fourth-order valence-corrected chi connectivity index (χ4v) is 2.52. The molecule has 0 saturated carbocycles. The van der Waals surface area contributed by atoms with Crippen molar-refractivity contribution in [3.8, 4) is 11.3 Å². The molecule has 0 amide bonds. The average molecular weight is 281 g/mol. The predicted molar refractivity (Wildman–Crippen MR) is 82.8 cm³/mol. The molecule has 0 spiro atoms. The summed E-state index contributed by atoms with van der Waals surface area (Å²) in [6.07, 6.45) is 2.58. The zero-order valence-electron chi connectivity index (χ0n) is 12.3. The van der Waals surface area contributed by atoms with Crippen molar-refractivity contribution in [1.29, 1.82) is 0 Å². The van der Waals surface area contributed by atoms with Crippen LogP contribution in [0.15, 0.2) is 47.0 Å². The lowest BCUT2D eigenvalue weighted by Gasteiger charge is -2.08. The first-order valence-electron chi connectivity index (χ1n) is 7.05. The first-order valence-corrected chi connectivity index (χ1v) is 7.05. The standard InChI is InChI=1S/C17H19N3O/c1-11-8-14(12(2)21-11)16-10-19-17(20-16)15(18)9-13-6-4-3-5-7-13/h3-8,10,15H,9,18H2,1-2H3,(H,19,20). The van der Waals surface area contributed by atoms with Crippen molar-refractivity contribution >= 4 is 0 Å². The van der Waals surface area contributed by atoms with Crippen LogP contribution in [0.1, 0.15) is 29.0 Å². The van der Waals surface area contributed by atoms with Crippen LogP contribution in [0.5, 0.6) is 0 Å². The molecule has 3 N–H and O–H groups in total. The van der Waals surface area contributed by atoms with Gasteiger partial charge in [-0.05, 0) is 31.9 Å². The third-order valence-electron chi connectivity index (χ3n) is 3.58. The first kappa shape index (κ1) is 13.6. The van der Waals surface area contributed by atoms with Gasteiger partial charge in [-0.1, -0.05) is 30.3 Å². The molecule has 108 valence electrons. The highest BCUT2D eigenvalue weighted by atomic mass is 16.3. The Morgan fingerprint density at radius 2 is 2.00 bits per heavy atom. The lowest BCUT2D eigenvalue weighted by Crippen LogP contribution is -2.14. The number of nitrogens with two attached hydrogens (primary N) is 1. The van der Waals surface area contributed by atoms with Gasteiger partial charge in [0, 0.05) is 5.56 Å². The number of nitrogens with one attached hydrogen (secondary N) is 1. The summed E-state index contributed by atoms with van der Waals surface area (Å²) < 4.78 is 5.56. The van der Waals surface area contributed by atoms with Crippen molar-refractivity contribution in [3.05, 3.63) is 65.5 Å². The van der Waals surface area contributed by atoms with Crippen LogP contribution in [-0.2, 0) is 6.42 Å². The molecule has 2 aromatic heterocycles. The van der Waals surface area contributed by atoms with E-state index in [9.17, 15) is 0 Å². The Labute approximate surface area is 124 Å². The molecule has 0 bridgehead atoms. The number of aryl methyl sites for hydroxylation is 2. The van der Waals surface area contributed by atoms with Gasteiger partial charge in [-0.25, -0.2) is 4.98 Å². The van der Waals surface area contributed by atoms with Crippen molar-refractivity contribution in [2.24, 2.45) is 5.73 Å². The third kappa shape index (κ3) is 2.90. The summed E-state index contributed by atoms with van der Waals surface area (Å²) in [7, 11) is 0. The predicted octanol–water partition coefficient (Wildman–Crippen LogP) is 3.53. The summed E-state index contributed by atoms with van der Waals surface area (Å²) in [6.45, 7) is 3.89. The molecule has 0 aliphatic rings. The number of H-pyrrole nitrogens is 1. The summed E-state index contributed by atoms with van der Waals surface area (Å²) in [6, 6.07) is 12.1. The highest BCUT2D eigenvalue weighted by molar-refractivity contribution is 5.61. The van der Waals surface area contributed by atoms with Gasteiger partial charge in [0.15, 0.2) is 0 Å². The Balaban J connectivity index is 1.80. The minimum Gasteiger partial charge on any atom is -0.466 e. The van der Waals surface area contributed by atoms with Crippen LogP contribution in [0.3, 0.4) is 0 Å². The minimum atomic E-state index is -0.144. The number of furan rings is 1. The quantitative estimate of drug-likeness (QED) is 0.768. The molecule has 0 saturated heterocycles. The second-order valence-corrected chi connectivity index (χ2v) is 5.31. The third-order valence-corrected chi connectivity index (χ3v) is 3.58. The van der Waals surface area contributed by atoms with Gasteiger partial charge >= 0.3 is 0 Å². The maximum absolute atomic E-state index is 6.24. The average Bonchev–Trinajstić information content (AvgIpc) is 3.06. The van der Waals surface area contributed by atoms with E-state index >= 15 is 0 Å². The molecule has 1 unspecified atom stereocenters. The summed E-state index contributed by atoms with van der Waals surface area (Å²) in [5.74, 6) is 2.58. The van der Waals surface area contributed by atoms with Gasteiger partial charge < -0.3 is 15.1 Å². The zero-order valence-corrected chi connectivity index (χ0v) is 12.3. The van der Waals surface area contributed by atoms with E-state index in [0.29, 0.717) is 0 Å². The molecule has 1 atom stereocenters. The van der Waals surface area contributed by atoms with E-state index in [1.807, 2.05) is 44.3 Å². The fourth-order valence-electron chi connectivity index (χ4n) is 2.52. The van der Waals surface area contributed by atoms with Crippen LogP contribution in [0.25, 0.3) is 11.3 Å². The van der Waals surface area contributed by atoms with Gasteiger partial charge in [-0.2, -0.15) is 0 Å². The lowest BCUT2D eigenvalue weighted by atomic mass is 10.1. The van der Waals surface area contributed by atoms with Gasteiger partial charge in [0.05, 0.1) is 17.9 Å². The number of rotatable bonds is 4. The molecular formula is C17H19N3O. The minimum absolute atomic E-state index is 0.144. The number of aromatic nitrogens is 2. The molecule has 3 aromatic rings. The Bertz CT molecular complexity index is 728. The highest BCUT2D eigenvalue weighted by Crippen LogP contribution is 2.26. The number of hydrogen-bond donors (Lipinski definition) is 2. The van der Waals surface area contributed by atoms with Gasteiger partial charge in [0.2, 0.25) is 0 Å². The SMILES string of the molecule is Cc1cc(-c2cnc(C(N)Cc3ccccc3)[nH]2)c(C)o1. The van der Waals surface area contributed by atoms with Crippen LogP contribution in [-0.4, -0.2) is 9.97 Å². The Morgan fingerprint density at radius 3 is 2.67 bits per heavy atom. The van der Waals surface area contributed by atoms with Gasteiger partial charge in [-0.15, -0.1) is 0 Å². The van der Waals surface area contributed by atoms with Crippen molar-refractivity contribution < 1.29 is 4.42 Å². The molecule has 4 nitrogen and oxygen atoms in total. The molecule has 2 heterocycles. The molecule has 3 rings (SSSR count). The lowest BCUT2D eigenvalue weighted by molar-refractivity contribution is 0.505. The summed E-state index contributed by atoms with van der Waals surface area (Å²) in [4.78, 5) is 7.72. The zero-order chi connectivity index (χ0) is 14.8. The molecule has 4 heteroatoms. The van der Waals surface area contributed by atoms with Crippen molar-refractivity contribution in [2.45, 2.75) is 26.3 Å². The van der Waals surface area contributed by atoms with E-state index in [1.54, 1.807) is 0 Å². The van der Waals surface area contributed by atoms with Crippen LogP contribution in [0.2, 0.25) is 0 Å². The summed E-state index contributed by atoms with van der Waals surface area (Å²) in [5.41, 5.74) is 9.44. The number of hydrogen-bond acceptors (Lipinski definition) is 3. The smallest absolute Gasteiger partial charge is 0.123 e. The molecule has 0 radical (unpaired) electrons. The Kier molecular flexibility index (Phi) is 3.62. The van der Waals surface area contributed by atoms with Gasteiger partial charge in [-0.3, -0.25) is 0 Å². The van der Waals surface area contributed by atoms with E-state index < -0.39 is 0 Å². The van der Waals surface area contributed by atoms with Crippen LogP contribution in [0.4, 0.5) is 0 Å². The van der Waals surface area contributed by atoms with E-state index in [1.165, 1.54) is 5.56 Å². The van der Waals surface area contributed by atoms with E-state index in [-0.39, 0.29) is 6.04 Å². The first-order chi connectivity index (χ1) is 10.1. The second kappa shape index (κ2) is 5.58. The molecule has 1 aromatic carbocycles.